The molecule has 5 heteroatoms. The first-order chi connectivity index (χ1) is 9.06. The van der Waals surface area contributed by atoms with Gasteiger partial charge in [-0.05, 0) is 40.6 Å². The Bertz CT molecular complexity index is 425. The molecule has 1 N–H and O–H groups in total. The van der Waals surface area contributed by atoms with E-state index in [1.807, 2.05) is 11.7 Å². The van der Waals surface area contributed by atoms with Crippen LogP contribution in [0.15, 0.2) is 4.47 Å². The zero-order valence-corrected chi connectivity index (χ0v) is 13.7. The summed E-state index contributed by atoms with van der Waals surface area (Å²) in [5.74, 6) is 0. The van der Waals surface area contributed by atoms with Crippen LogP contribution in [0, 0.1) is 5.41 Å². The second-order valence-electron chi connectivity index (χ2n) is 5.71. The van der Waals surface area contributed by atoms with Crippen LogP contribution in [0.5, 0.6) is 0 Å². The van der Waals surface area contributed by atoms with Crippen molar-refractivity contribution in [2.24, 2.45) is 12.5 Å². The second kappa shape index (κ2) is 6.37. The Morgan fingerprint density at radius 1 is 1.42 bits per heavy atom. The number of aromatic nitrogens is 2. The van der Waals surface area contributed by atoms with Gasteiger partial charge in [0.15, 0.2) is 0 Å². The molecule has 0 amide bonds. The topological polar surface area (TPSA) is 39.1 Å². The summed E-state index contributed by atoms with van der Waals surface area (Å²) in [5, 5.41) is 8.11. The van der Waals surface area contributed by atoms with Gasteiger partial charge in [0, 0.05) is 33.4 Å². The maximum Gasteiger partial charge on any atom is 0.0767 e. The molecule has 1 fully saturated rings. The summed E-state index contributed by atoms with van der Waals surface area (Å²) in [6, 6.07) is 0. The van der Waals surface area contributed by atoms with Crippen molar-refractivity contribution in [3.8, 4) is 0 Å². The van der Waals surface area contributed by atoms with Gasteiger partial charge in [-0.1, -0.05) is 13.8 Å². The van der Waals surface area contributed by atoms with Crippen LogP contribution in [-0.2, 0) is 24.8 Å². The molecule has 108 valence electrons. The van der Waals surface area contributed by atoms with Crippen LogP contribution < -0.4 is 5.32 Å². The van der Waals surface area contributed by atoms with E-state index in [4.69, 9.17) is 4.74 Å². The molecular formula is C14H24BrN3O. The number of ether oxygens (including phenoxy) is 1. The Morgan fingerprint density at radius 2 is 2.11 bits per heavy atom. The number of hydrogen-bond donors (Lipinski definition) is 1. The first kappa shape index (κ1) is 15.0. The van der Waals surface area contributed by atoms with Gasteiger partial charge in [0.25, 0.3) is 0 Å². The third kappa shape index (κ3) is 3.58. The molecule has 1 aliphatic rings. The molecule has 0 saturated carbocycles. The van der Waals surface area contributed by atoms with E-state index >= 15 is 0 Å². The van der Waals surface area contributed by atoms with E-state index in [0.717, 1.165) is 55.7 Å². The number of halogens is 1. The molecule has 2 rings (SSSR count). The zero-order valence-electron chi connectivity index (χ0n) is 12.1. The Labute approximate surface area is 124 Å². The predicted molar refractivity (Wildman–Crippen MR) is 80.2 cm³/mol. The molecule has 1 aromatic rings. The highest BCUT2D eigenvalue weighted by atomic mass is 79.9. The minimum atomic E-state index is 0.372. The maximum atomic E-state index is 5.44. The standard InChI is InChI=1S/C14H24BrN3O/c1-4-11-13(15)12(18(3)17-11)9-16-10-14(2)5-7-19-8-6-14/h16H,4-10H2,1-3H3. The zero-order chi connectivity index (χ0) is 13.9. The van der Waals surface area contributed by atoms with Gasteiger partial charge >= 0.3 is 0 Å². The van der Waals surface area contributed by atoms with Crippen LogP contribution in [0.1, 0.15) is 38.1 Å². The van der Waals surface area contributed by atoms with Crippen molar-refractivity contribution < 1.29 is 4.74 Å². The van der Waals surface area contributed by atoms with Crippen LogP contribution in [0.3, 0.4) is 0 Å². The molecule has 0 aromatic carbocycles. The fourth-order valence-corrected chi connectivity index (χ4v) is 3.29. The summed E-state index contributed by atoms with van der Waals surface area (Å²) in [6.45, 7) is 8.17. The quantitative estimate of drug-likeness (QED) is 0.902. The summed E-state index contributed by atoms with van der Waals surface area (Å²) < 4.78 is 8.57. The van der Waals surface area contributed by atoms with Crippen molar-refractivity contribution in [2.75, 3.05) is 19.8 Å². The maximum absolute atomic E-state index is 5.44. The summed E-state index contributed by atoms with van der Waals surface area (Å²) in [7, 11) is 2.01. The normalized spacial score (nSPS) is 18.7. The second-order valence-corrected chi connectivity index (χ2v) is 6.50. The van der Waals surface area contributed by atoms with E-state index in [9.17, 15) is 0 Å². The highest BCUT2D eigenvalue weighted by Crippen LogP contribution is 2.29. The van der Waals surface area contributed by atoms with Gasteiger partial charge in [-0.15, -0.1) is 0 Å². The lowest BCUT2D eigenvalue weighted by Crippen LogP contribution is -2.36. The van der Waals surface area contributed by atoms with Crippen molar-refractivity contribution in [2.45, 2.75) is 39.7 Å². The van der Waals surface area contributed by atoms with E-state index in [1.54, 1.807) is 0 Å². The van der Waals surface area contributed by atoms with Crippen molar-refractivity contribution in [1.82, 2.24) is 15.1 Å². The van der Waals surface area contributed by atoms with Gasteiger partial charge in [0.2, 0.25) is 0 Å². The molecule has 1 aliphatic heterocycles. The highest BCUT2D eigenvalue weighted by molar-refractivity contribution is 9.10. The number of nitrogens with zero attached hydrogens (tertiary/aromatic N) is 2. The Morgan fingerprint density at radius 3 is 2.68 bits per heavy atom. The lowest BCUT2D eigenvalue weighted by atomic mass is 9.82. The molecule has 0 radical (unpaired) electrons. The Balaban J connectivity index is 1.90. The summed E-state index contributed by atoms with van der Waals surface area (Å²) in [6.07, 6.45) is 3.25. The predicted octanol–water partition coefficient (Wildman–Crippen LogP) is 2.65. The van der Waals surface area contributed by atoms with Gasteiger partial charge < -0.3 is 10.1 Å². The minimum absolute atomic E-state index is 0.372. The first-order valence-corrected chi connectivity index (χ1v) is 7.84. The summed E-state index contributed by atoms with van der Waals surface area (Å²) in [4.78, 5) is 0. The van der Waals surface area contributed by atoms with Crippen LogP contribution in [0.25, 0.3) is 0 Å². The number of rotatable bonds is 5. The Hall–Kier alpha value is -0.390. The summed E-state index contributed by atoms with van der Waals surface area (Å²) in [5.41, 5.74) is 2.74. The highest BCUT2D eigenvalue weighted by Gasteiger charge is 2.27. The average molecular weight is 330 g/mol. The van der Waals surface area contributed by atoms with E-state index in [2.05, 4.69) is 40.2 Å². The van der Waals surface area contributed by atoms with Gasteiger partial charge in [0.1, 0.15) is 0 Å². The average Bonchev–Trinajstić information content (AvgIpc) is 2.66. The van der Waals surface area contributed by atoms with Crippen molar-refractivity contribution in [3.63, 3.8) is 0 Å². The number of hydrogen-bond acceptors (Lipinski definition) is 3. The van der Waals surface area contributed by atoms with Crippen LogP contribution >= 0.6 is 15.9 Å². The largest absolute Gasteiger partial charge is 0.381 e. The van der Waals surface area contributed by atoms with E-state index in [1.165, 1.54) is 5.69 Å². The molecular weight excluding hydrogens is 306 g/mol. The number of nitrogens with one attached hydrogen (secondary N) is 1. The smallest absolute Gasteiger partial charge is 0.0767 e. The van der Waals surface area contributed by atoms with Crippen molar-refractivity contribution in [3.05, 3.63) is 15.9 Å². The lowest BCUT2D eigenvalue weighted by molar-refractivity contribution is 0.0239. The molecule has 1 saturated heterocycles. The molecule has 1 aromatic heterocycles. The molecule has 0 unspecified atom stereocenters. The molecule has 0 atom stereocenters. The lowest BCUT2D eigenvalue weighted by Gasteiger charge is -2.33. The first-order valence-electron chi connectivity index (χ1n) is 7.04. The molecule has 0 bridgehead atoms. The van der Waals surface area contributed by atoms with Gasteiger partial charge in [-0.2, -0.15) is 5.10 Å². The SMILES string of the molecule is CCc1nn(C)c(CNCC2(C)CCOCC2)c1Br. The third-order valence-corrected chi connectivity index (χ3v) is 4.96. The minimum Gasteiger partial charge on any atom is -0.381 e. The molecule has 2 heterocycles. The van der Waals surface area contributed by atoms with E-state index in [0.29, 0.717) is 5.41 Å². The van der Waals surface area contributed by atoms with Gasteiger partial charge in [0.05, 0.1) is 15.9 Å². The van der Waals surface area contributed by atoms with Crippen LogP contribution in [0.4, 0.5) is 0 Å². The van der Waals surface area contributed by atoms with Crippen molar-refractivity contribution >= 4 is 15.9 Å². The fraction of sp³-hybridized carbons (Fsp3) is 0.786. The Kier molecular flexibility index (Phi) is 5.03. The monoisotopic (exact) mass is 329 g/mol. The summed E-state index contributed by atoms with van der Waals surface area (Å²) >= 11 is 3.66. The fourth-order valence-electron chi connectivity index (χ4n) is 2.54. The van der Waals surface area contributed by atoms with E-state index in [-0.39, 0.29) is 0 Å². The van der Waals surface area contributed by atoms with E-state index < -0.39 is 0 Å². The molecule has 19 heavy (non-hydrogen) atoms. The molecule has 0 aliphatic carbocycles. The van der Waals surface area contributed by atoms with Gasteiger partial charge in [-0.3, -0.25) is 4.68 Å². The third-order valence-electron chi connectivity index (χ3n) is 4.05. The van der Waals surface area contributed by atoms with Gasteiger partial charge in [-0.25, -0.2) is 0 Å². The van der Waals surface area contributed by atoms with Crippen LogP contribution in [0.2, 0.25) is 0 Å². The van der Waals surface area contributed by atoms with Crippen LogP contribution in [-0.4, -0.2) is 29.5 Å². The number of aryl methyl sites for hydroxylation is 2. The van der Waals surface area contributed by atoms with Crippen molar-refractivity contribution in [1.29, 1.82) is 0 Å². The molecule has 4 nitrogen and oxygen atoms in total. The molecule has 0 spiro atoms.